The summed E-state index contributed by atoms with van der Waals surface area (Å²) >= 11 is 12.5. The fourth-order valence-corrected chi connectivity index (χ4v) is 3.77. The molecule has 3 rings (SSSR count). The van der Waals surface area contributed by atoms with Crippen LogP contribution in [-0.2, 0) is 11.3 Å². The summed E-state index contributed by atoms with van der Waals surface area (Å²) in [5, 5.41) is 1.44. The number of nitrogens with zero attached hydrogens (tertiary/aromatic N) is 2. The normalized spacial score (nSPS) is 23.5. The van der Waals surface area contributed by atoms with Gasteiger partial charge >= 0.3 is 0 Å². The average molecular weight is 330 g/mol. The maximum Gasteiger partial charge on any atom is 0.0594 e. The lowest BCUT2D eigenvalue weighted by Gasteiger charge is -2.30. The number of hydrogen-bond acceptors (Lipinski definition) is 4. The summed E-state index contributed by atoms with van der Waals surface area (Å²) in [6.45, 7) is 7.18. The lowest BCUT2D eigenvalue weighted by Crippen LogP contribution is -2.41. The lowest BCUT2D eigenvalue weighted by atomic mass is 10.1. The van der Waals surface area contributed by atoms with E-state index >= 15 is 0 Å². The van der Waals surface area contributed by atoms with Gasteiger partial charge in [-0.25, -0.2) is 0 Å². The monoisotopic (exact) mass is 329 g/mol. The van der Waals surface area contributed by atoms with Crippen LogP contribution in [0.25, 0.3) is 0 Å². The van der Waals surface area contributed by atoms with Crippen LogP contribution in [0.5, 0.6) is 0 Å². The molecule has 2 aliphatic heterocycles. The first-order valence-electron chi connectivity index (χ1n) is 7.41. The second-order valence-corrected chi connectivity index (χ2v) is 6.48. The molecule has 2 heterocycles. The molecule has 0 radical (unpaired) electrons. The van der Waals surface area contributed by atoms with Crippen LogP contribution in [0.4, 0.5) is 0 Å². The highest BCUT2D eigenvalue weighted by molar-refractivity contribution is 6.35. The molecule has 1 aromatic rings. The molecular formula is C15H21Cl2N3O. The summed E-state index contributed by atoms with van der Waals surface area (Å²) < 4.78 is 5.39. The van der Waals surface area contributed by atoms with E-state index in [4.69, 9.17) is 33.7 Å². The van der Waals surface area contributed by atoms with Crippen LogP contribution in [0.2, 0.25) is 10.0 Å². The Bertz CT molecular complexity index is 506. The average Bonchev–Trinajstić information content (AvgIpc) is 2.84. The Morgan fingerprint density at radius 1 is 1.19 bits per heavy atom. The Morgan fingerprint density at radius 2 is 1.95 bits per heavy atom. The molecule has 1 saturated heterocycles. The summed E-state index contributed by atoms with van der Waals surface area (Å²) in [5.74, 6) is 0. The van der Waals surface area contributed by atoms with Gasteiger partial charge < -0.3 is 10.5 Å². The van der Waals surface area contributed by atoms with Crippen LogP contribution in [0, 0.1) is 0 Å². The number of ether oxygens (including phenoxy) is 1. The van der Waals surface area contributed by atoms with Gasteiger partial charge in [0.25, 0.3) is 0 Å². The molecule has 2 N–H and O–H groups in total. The van der Waals surface area contributed by atoms with Crippen LogP contribution in [-0.4, -0.2) is 55.7 Å². The lowest BCUT2D eigenvalue weighted by molar-refractivity contribution is 0.0314. The topological polar surface area (TPSA) is 41.7 Å². The number of benzene rings is 1. The molecule has 1 fully saturated rings. The number of rotatable bonds is 4. The number of morpholine rings is 1. The minimum Gasteiger partial charge on any atom is -0.379 e. The molecule has 0 bridgehead atoms. The maximum absolute atomic E-state index is 6.33. The van der Waals surface area contributed by atoms with E-state index < -0.39 is 0 Å². The molecule has 0 aromatic heterocycles. The molecular weight excluding hydrogens is 309 g/mol. The summed E-state index contributed by atoms with van der Waals surface area (Å²) in [6, 6.07) is 4.05. The van der Waals surface area contributed by atoms with Gasteiger partial charge in [-0.05, 0) is 23.3 Å². The van der Waals surface area contributed by atoms with E-state index in [9.17, 15) is 0 Å². The van der Waals surface area contributed by atoms with Crippen molar-refractivity contribution in [2.75, 3.05) is 45.9 Å². The molecule has 116 valence electrons. The van der Waals surface area contributed by atoms with E-state index in [1.165, 1.54) is 11.1 Å². The van der Waals surface area contributed by atoms with E-state index in [0.29, 0.717) is 11.6 Å². The van der Waals surface area contributed by atoms with Crippen molar-refractivity contribution in [1.82, 2.24) is 9.80 Å². The summed E-state index contributed by atoms with van der Waals surface area (Å²) in [5.41, 5.74) is 8.36. The second kappa shape index (κ2) is 6.82. The first kappa shape index (κ1) is 15.5. The zero-order chi connectivity index (χ0) is 14.8. The minimum atomic E-state index is 0.220. The van der Waals surface area contributed by atoms with Gasteiger partial charge in [0, 0.05) is 55.4 Å². The minimum absolute atomic E-state index is 0.220. The first-order chi connectivity index (χ1) is 10.2. The Labute approximate surface area is 135 Å². The quantitative estimate of drug-likeness (QED) is 0.918. The molecule has 6 heteroatoms. The third-order valence-electron chi connectivity index (χ3n) is 4.39. The van der Waals surface area contributed by atoms with Crippen LogP contribution in [0.15, 0.2) is 12.1 Å². The zero-order valence-electron chi connectivity index (χ0n) is 12.0. The number of hydrogen-bond donors (Lipinski definition) is 1. The van der Waals surface area contributed by atoms with Crippen molar-refractivity contribution >= 4 is 23.2 Å². The predicted octanol–water partition coefficient (Wildman–Crippen LogP) is 2.14. The van der Waals surface area contributed by atoms with Crippen LogP contribution < -0.4 is 5.73 Å². The molecule has 2 aliphatic rings. The van der Waals surface area contributed by atoms with E-state index in [2.05, 4.69) is 9.80 Å². The van der Waals surface area contributed by atoms with Gasteiger partial charge in [-0.3, -0.25) is 9.80 Å². The molecule has 0 aliphatic carbocycles. The standard InChI is InChI=1S/C15H21Cl2N3O/c16-11-7-12-13(14(17)8-11)10-20(15(12)9-18)2-1-19-3-5-21-6-4-19/h7-8,15H,1-6,9-10,18H2. The fraction of sp³-hybridized carbons (Fsp3) is 0.600. The van der Waals surface area contributed by atoms with Crippen LogP contribution in [0.3, 0.4) is 0 Å². The predicted molar refractivity (Wildman–Crippen MR) is 85.9 cm³/mol. The Balaban J connectivity index is 1.68. The van der Waals surface area contributed by atoms with Crippen molar-refractivity contribution in [2.24, 2.45) is 5.73 Å². The fourth-order valence-electron chi connectivity index (χ4n) is 3.20. The zero-order valence-corrected chi connectivity index (χ0v) is 13.5. The van der Waals surface area contributed by atoms with Crippen molar-refractivity contribution < 1.29 is 4.74 Å². The Kier molecular flexibility index (Phi) is 5.04. The van der Waals surface area contributed by atoms with Crippen molar-refractivity contribution in [3.8, 4) is 0 Å². The van der Waals surface area contributed by atoms with Crippen molar-refractivity contribution in [1.29, 1.82) is 0 Å². The molecule has 0 amide bonds. The van der Waals surface area contributed by atoms with Gasteiger partial charge in [0.05, 0.1) is 13.2 Å². The first-order valence-corrected chi connectivity index (χ1v) is 8.16. The Morgan fingerprint density at radius 3 is 2.67 bits per heavy atom. The number of halogens is 2. The Hall–Kier alpha value is -0.360. The number of nitrogens with two attached hydrogens (primary N) is 1. The highest BCUT2D eigenvalue weighted by atomic mass is 35.5. The molecule has 1 unspecified atom stereocenters. The largest absolute Gasteiger partial charge is 0.379 e. The highest BCUT2D eigenvalue weighted by Crippen LogP contribution is 2.38. The van der Waals surface area contributed by atoms with Gasteiger partial charge in [0.2, 0.25) is 0 Å². The summed E-state index contributed by atoms with van der Waals surface area (Å²) in [4.78, 5) is 4.84. The van der Waals surface area contributed by atoms with E-state index in [1.807, 2.05) is 12.1 Å². The SMILES string of the molecule is NCC1c2cc(Cl)cc(Cl)c2CN1CCN1CCOCC1. The maximum atomic E-state index is 6.33. The van der Waals surface area contributed by atoms with Crippen molar-refractivity contribution in [3.63, 3.8) is 0 Å². The van der Waals surface area contributed by atoms with E-state index in [-0.39, 0.29) is 6.04 Å². The van der Waals surface area contributed by atoms with E-state index in [1.54, 1.807) is 0 Å². The summed E-state index contributed by atoms with van der Waals surface area (Å²) in [7, 11) is 0. The second-order valence-electron chi connectivity index (χ2n) is 5.63. The molecule has 1 aromatic carbocycles. The van der Waals surface area contributed by atoms with Crippen molar-refractivity contribution in [2.45, 2.75) is 12.6 Å². The highest BCUT2D eigenvalue weighted by Gasteiger charge is 2.31. The number of fused-ring (bicyclic) bond motifs is 1. The van der Waals surface area contributed by atoms with Crippen LogP contribution >= 0.6 is 23.2 Å². The van der Waals surface area contributed by atoms with Gasteiger partial charge in [-0.1, -0.05) is 23.2 Å². The smallest absolute Gasteiger partial charge is 0.0594 e. The molecule has 21 heavy (non-hydrogen) atoms. The molecule has 1 atom stereocenters. The van der Waals surface area contributed by atoms with Crippen molar-refractivity contribution in [3.05, 3.63) is 33.3 Å². The molecule has 0 spiro atoms. The van der Waals surface area contributed by atoms with Crippen LogP contribution in [0.1, 0.15) is 17.2 Å². The third kappa shape index (κ3) is 3.36. The third-order valence-corrected chi connectivity index (χ3v) is 4.94. The summed E-state index contributed by atoms with van der Waals surface area (Å²) in [6.07, 6.45) is 0. The van der Waals surface area contributed by atoms with Gasteiger partial charge in [0.1, 0.15) is 0 Å². The molecule has 4 nitrogen and oxygen atoms in total. The van der Waals surface area contributed by atoms with E-state index in [0.717, 1.165) is 51.0 Å². The molecule has 0 saturated carbocycles. The van der Waals surface area contributed by atoms with Gasteiger partial charge in [-0.15, -0.1) is 0 Å². The van der Waals surface area contributed by atoms with Gasteiger partial charge in [-0.2, -0.15) is 0 Å². The van der Waals surface area contributed by atoms with Gasteiger partial charge in [0.15, 0.2) is 0 Å².